The van der Waals surface area contributed by atoms with Crippen LogP contribution in [0.3, 0.4) is 0 Å². The summed E-state index contributed by atoms with van der Waals surface area (Å²) in [5, 5.41) is 8.76. The maximum absolute atomic E-state index is 10.7. The fraction of sp³-hybridized carbons (Fsp3) is 0.500. The number of aryl methyl sites for hydroxylation is 1. The van der Waals surface area contributed by atoms with Gasteiger partial charge in [0, 0.05) is 0 Å². The molecule has 0 radical (unpaired) electrons. The molecular formula is C10H14O4. The third-order valence-corrected chi connectivity index (χ3v) is 1.76. The van der Waals surface area contributed by atoms with E-state index in [1.807, 2.05) is 13.8 Å². The summed E-state index contributed by atoms with van der Waals surface area (Å²) in [6, 6.07) is 1.50. The quantitative estimate of drug-likeness (QED) is 0.805. The standard InChI is InChI=1S/C10H14O4/c1-6(2)13-5-8-4-9(10(11)12)7(3)14-8/h4,6H,5H2,1-3H3,(H,11,12). The van der Waals surface area contributed by atoms with Gasteiger partial charge in [0.05, 0.1) is 6.10 Å². The van der Waals surface area contributed by atoms with Crippen molar-refractivity contribution in [2.45, 2.75) is 33.5 Å². The van der Waals surface area contributed by atoms with Gasteiger partial charge in [-0.05, 0) is 26.8 Å². The maximum Gasteiger partial charge on any atom is 0.339 e. The second-order valence-corrected chi connectivity index (χ2v) is 3.35. The minimum absolute atomic E-state index is 0.105. The van der Waals surface area contributed by atoms with Gasteiger partial charge in [0.15, 0.2) is 0 Å². The zero-order valence-corrected chi connectivity index (χ0v) is 8.53. The van der Waals surface area contributed by atoms with Crippen molar-refractivity contribution in [2.75, 3.05) is 0 Å². The van der Waals surface area contributed by atoms with Gasteiger partial charge in [-0.2, -0.15) is 0 Å². The van der Waals surface area contributed by atoms with Crippen LogP contribution in [0.2, 0.25) is 0 Å². The Labute approximate surface area is 82.5 Å². The van der Waals surface area contributed by atoms with Crippen LogP contribution >= 0.6 is 0 Å². The molecule has 0 bridgehead atoms. The second-order valence-electron chi connectivity index (χ2n) is 3.35. The van der Waals surface area contributed by atoms with Crippen LogP contribution in [-0.2, 0) is 11.3 Å². The Hall–Kier alpha value is -1.29. The molecule has 4 nitrogen and oxygen atoms in total. The van der Waals surface area contributed by atoms with E-state index in [-0.39, 0.29) is 11.7 Å². The summed E-state index contributed by atoms with van der Waals surface area (Å²) in [4.78, 5) is 10.7. The highest BCUT2D eigenvalue weighted by Crippen LogP contribution is 2.15. The number of ether oxygens (including phenoxy) is 1. The van der Waals surface area contributed by atoms with Gasteiger partial charge in [-0.25, -0.2) is 4.79 Å². The van der Waals surface area contributed by atoms with Crippen LogP contribution in [0, 0.1) is 6.92 Å². The van der Waals surface area contributed by atoms with Crippen LogP contribution in [-0.4, -0.2) is 17.2 Å². The summed E-state index contributed by atoms with van der Waals surface area (Å²) >= 11 is 0. The van der Waals surface area contributed by atoms with E-state index >= 15 is 0 Å². The number of carboxylic acid groups (broad SMARTS) is 1. The summed E-state index contributed by atoms with van der Waals surface area (Å²) in [7, 11) is 0. The Morgan fingerprint density at radius 2 is 2.29 bits per heavy atom. The molecule has 0 atom stereocenters. The third kappa shape index (κ3) is 2.60. The highest BCUT2D eigenvalue weighted by atomic mass is 16.5. The predicted molar refractivity (Wildman–Crippen MR) is 50.3 cm³/mol. The molecule has 1 aromatic heterocycles. The van der Waals surface area contributed by atoms with E-state index in [4.69, 9.17) is 14.3 Å². The number of furan rings is 1. The predicted octanol–water partition coefficient (Wildman–Crippen LogP) is 2.21. The first-order valence-electron chi connectivity index (χ1n) is 4.45. The molecule has 0 aliphatic carbocycles. The van der Waals surface area contributed by atoms with E-state index < -0.39 is 5.97 Å². The smallest absolute Gasteiger partial charge is 0.339 e. The summed E-state index contributed by atoms with van der Waals surface area (Å²) in [6.45, 7) is 5.76. The van der Waals surface area contributed by atoms with Gasteiger partial charge in [0.1, 0.15) is 23.7 Å². The minimum atomic E-state index is -0.970. The van der Waals surface area contributed by atoms with E-state index in [0.29, 0.717) is 18.1 Å². The highest BCUT2D eigenvalue weighted by molar-refractivity contribution is 5.88. The van der Waals surface area contributed by atoms with Gasteiger partial charge >= 0.3 is 5.97 Å². The van der Waals surface area contributed by atoms with Crippen molar-refractivity contribution >= 4 is 5.97 Å². The fourth-order valence-corrected chi connectivity index (χ4v) is 1.08. The molecule has 0 unspecified atom stereocenters. The number of carbonyl (C=O) groups is 1. The number of hydrogen-bond acceptors (Lipinski definition) is 3. The van der Waals surface area contributed by atoms with Gasteiger partial charge < -0.3 is 14.3 Å². The largest absolute Gasteiger partial charge is 0.478 e. The summed E-state index contributed by atoms with van der Waals surface area (Å²) in [5.74, 6) is -0.00416. The van der Waals surface area contributed by atoms with Crippen molar-refractivity contribution < 1.29 is 19.1 Å². The summed E-state index contributed by atoms with van der Waals surface area (Å²) < 4.78 is 10.5. The average Bonchev–Trinajstić information content (AvgIpc) is 2.43. The lowest BCUT2D eigenvalue weighted by Crippen LogP contribution is -2.01. The topological polar surface area (TPSA) is 59.7 Å². The van der Waals surface area contributed by atoms with E-state index in [1.54, 1.807) is 6.92 Å². The first-order valence-corrected chi connectivity index (χ1v) is 4.45. The van der Waals surface area contributed by atoms with E-state index in [9.17, 15) is 4.79 Å². The summed E-state index contributed by atoms with van der Waals surface area (Å²) in [6.07, 6.45) is 0.105. The molecule has 4 heteroatoms. The molecule has 0 aliphatic rings. The molecular weight excluding hydrogens is 184 g/mol. The van der Waals surface area contributed by atoms with E-state index in [1.165, 1.54) is 6.07 Å². The van der Waals surface area contributed by atoms with Gasteiger partial charge in [0.2, 0.25) is 0 Å². The lowest BCUT2D eigenvalue weighted by atomic mass is 10.2. The zero-order valence-electron chi connectivity index (χ0n) is 8.53. The first kappa shape index (κ1) is 10.8. The van der Waals surface area contributed by atoms with Crippen molar-refractivity contribution in [3.63, 3.8) is 0 Å². The first-order chi connectivity index (χ1) is 6.50. The number of aromatic carboxylic acids is 1. The molecule has 1 N–H and O–H groups in total. The number of rotatable bonds is 4. The van der Waals surface area contributed by atoms with Gasteiger partial charge in [-0.1, -0.05) is 0 Å². The Morgan fingerprint density at radius 1 is 1.64 bits per heavy atom. The van der Waals surface area contributed by atoms with E-state index in [2.05, 4.69) is 0 Å². The second kappa shape index (κ2) is 4.28. The van der Waals surface area contributed by atoms with Crippen molar-refractivity contribution in [1.82, 2.24) is 0 Å². The molecule has 0 aromatic carbocycles. The highest BCUT2D eigenvalue weighted by Gasteiger charge is 2.13. The van der Waals surface area contributed by atoms with Crippen LogP contribution in [0.4, 0.5) is 0 Å². The molecule has 1 aromatic rings. The molecule has 78 valence electrons. The van der Waals surface area contributed by atoms with Gasteiger partial charge in [0.25, 0.3) is 0 Å². The zero-order chi connectivity index (χ0) is 10.7. The monoisotopic (exact) mass is 198 g/mol. The van der Waals surface area contributed by atoms with Crippen molar-refractivity contribution in [2.24, 2.45) is 0 Å². The molecule has 0 amide bonds. The van der Waals surface area contributed by atoms with E-state index in [0.717, 1.165) is 0 Å². The molecule has 0 saturated heterocycles. The van der Waals surface area contributed by atoms with Crippen LogP contribution in [0.5, 0.6) is 0 Å². The van der Waals surface area contributed by atoms with Crippen molar-refractivity contribution in [1.29, 1.82) is 0 Å². The number of carboxylic acids is 1. The minimum Gasteiger partial charge on any atom is -0.478 e. The normalized spacial score (nSPS) is 10.9. The fourth-order valence-electron chi connectivity index (χ4n) is 1.08. The lowest BCUT2D eigenvalue weighted by molar-refractivity contribution is 0.0541. The SMILES string of the molecule is Cc1oc(COC(C)C)cc1C(=O)O. The number of hydrogen-bond donors (Lipinski definition) is 1. The van der Waals surface area contributed by atoms with Crippen LogP contribution < -0.4 is 0 Å². The van der Waals surface area contributed by atoms with Crippen LogP contribution in [0.1, 0.15) is 35.7 Å². The molecule has 0 saturated carbocycles. The van der Waals surface area contributed by atoms with Crippen molar-refractivity contribution in [3.05, 3.63) is 23.2 Å². The molecule has 0 fully saturated rings. The van der Waals surface area contributed by atoms with Crippen molar-refractivity contribution in [3.8, 4) is 0 Å². The van der Waals surface area contributed by atoms with Gasteiger partial charge in [-0.3, -0.25) is 0 Å². The lowest BCUT2D eigenvalue weighted by Gasteiger charge is -2.03. The Morgan fingerprint density at radius 3 is 2.71 bits per heavy atom. The van der Waals surface area contributed by atoms with Crippen LogP contribution in [0.25, 0.3) is 0 Å². The Balaban J connectivity index is 2.71. The summed E-state index contributed by atoms with van der Waals surface area (Å²) in [5.41, 5.74) is 0.201. The third-order valence-electron chi connectivity index (χ3n) is 1.76. The Bertz CT molecular complexity index is 325. The molecule has 1 rings (SSSR count). The molecule has 14 heavy (non-hydrogen) atoms. The molecule has 0 spiro atoms. The Kier molecular flexibility index (Phi) is 3.30. The molecule has 0 aliphatic heterocycles. The maximum atomic E-state index is 10.7. The molecule has 1 heterocycles. The average molecular weight is 198 g/mol. The van der Waals surface area contributed by atoms with Crippen LogP contribution in [0.15, 0.2) is 10.5 Å². The van der Waals surface area contributed by atoms with Gasteiger partial charge in [-0.15, -0.1) is 0 Å².